The summed E-state index contributed by atoms with van der Waals surface area (Å²) in [6.45, 7) is 2.93. The van der Waals surface area contributed by atoms with Crippen molar-refractivity contribution >= 4 is 15.9 Å². The minimum Gasteiger partial charge on any atom is -0.489 e. The number of ether oxygens (including phenoxy) is 1. The fourth-order valence-electron chi connectivity index (χ4n) is 2.61. The van der Waals surface area contributed by atoms with Crippen molar-refractivity contribution in [3.8, 4) is 5.75 Å². The first-order valence-electron chi connectivity index (χ1n) is 6.96. The average molecular weight is 336 g/mol. The number of hydrogen-bond donors (Lipinski definition) is 0. The fourth-order valence-corrected chi connectivity index (χ4v) is 2.99. The van der Waals surface area contributed by atoms with E-state index in [-0.39, 0.29) is 6.10 Å². The van der Waals surface area contributed by atoms with Crippen LogP contribution in [0.15, 0.2) is 51.6 Å². The maximum atomic E-state index is 6.08. The molecule has 0 saturated carbocycles. The van der Waals surface area contributed by atoms with Crippen LogP contribution in [0.5, 0.6) is 5.75 Å². The first kappa shape index (κ1) is 13.7. The molecule has 0 aliphatic carbocycles. The van der Waals surface area contributed by atoms with Crippen LogP contribution in [-0.4, -0.2) is 24.1 Å². The second kappa shape index (κ2) is 6.46. The molecule has 2 aromatic rings. The Labute approximate surface area is 127 Å². The molecule has 1 aromatic heterocycles. The second-order valence-electron chi connectivity index (χ2n) is 5.15. The van der Waals surface area contributed by atoms with Gasteiger partial charge in [0, 0.05) is 11.0 Å². The summed E-state index contributed by atoms with van der Waals surface area (Å²) in [5.41, 5.74) is 0. The minimum absolute atomic E-state index is 0.257. The molecule has 3 rings (SSSR count). The molecule has 1 aliphatic heterocycles. The van der Waals surface area contributed by atoms with Crippen molar-refractivity contribution in [1.82, 2.24) is 4.90 Å². The molecule has 4 heteroatoms. The standard InChI is InChI=1S/C16H18BrNO2/c17-13-4-1-5-14(10-13)20-16-6-2-8-18(12-16)11-15-7-3-9-19-15/h1,3-5,7,9-10,16H,2,6,8,11-12H2. The van der Waals surface area contributed by atoms with Crippen LogP contribution in [-0.2, 0) is 6.54 Å². The molecule has 0 radical (unpaired) electrons. The summed E-state index contributed by atoms with van der Waals surface area (Å²) in [5, 5.41) is 0. The van der Waals surface area contributed by atoms with Crippen LogP contribution in [0.3, 0.4) is 0 Å². The Bertz CT molecular complexity index is 541. The summed E-state index contributed by atoms with van der Waals surface area (Å²) in [7, 11) is 0. The molecule has 1 fully saturated rings. The van der Waals surface area contributed by atoms with Gasteiger partial charge in [0.25, 0.3) is 0 Å². The van der Waals surface area contributed by atoms with Gasteiger partial charge in [-0.1, -0.05) is 22.0 Å². The number of halogens is 1. The molecule has 0 bridgehead atoms. The maximum absolute atomic E-state index is 6.08. The topological polar surface area (TPSA) is 25.6 Å². The van der Waals surface area contributed by atoms with E-state index in [1.165, 1.54) is 6.42 Å². The van der Waals surface area contributed by atoms with Gasteiger partial charge in [-0.15, -0.1) is 0 Å². The van der Waals surface area contributed by atoms with Crippen molar-refractivity contribution in [2.75, 3.05) is 13.1 Å². The molecular weight excluding hydrogens is 318 g/mol. The Hall–Kier alpha value is -1.26. The minimum atomic E-state index is 0.257. The summed E-state index contributed by atoms with van der Waals surface area (Å²) >= 11 is 3.48. The van der Waals surface area contributed by atoms with Crippen LogP contribution in [0.2, 0.25) is 0 Å². The van der Waals surface area contributed by atoms with Crippen LogP contribution in [0.25, 0.3) is 0 Å². The monoisotopic (exact) mass is 335 g/mol. The molecule has 1 aromatic carbocycles. The highest BCUT2D eigenvalue weighted by atomic mass is 79.9. The van der Waals surface area contributed by atoms with Crippen molar-refractivity contribution < 1.29 is 9.15 Å². The van der Waals surface area contributed by atoms with E-state index in [1.807, 2.05) is 36.4 Å². The predicted octanol–water partition coefficient (Wildman–Crippen LogP) is 4.09. The lowest BCUT2D eigenvalue weighted by Crippen LogP contribution is -2.40. The van der Waals surface area contributed by atoms with Gasteiger partial charge in [0.15, 0.2) is 0 Å². The number of likely N-dealkylation sites (tertiary alicyclic amines) is 1. The molecule has 1 atom stereocenters. The Balaban J connectivity index is 1.57. The molecule has 3 nitrogen and oxygen atoms in total. The van der Waals surface area contributed by atoms with Crippen molar-refractivity contribution in [2.24, 2.45) is 0 Å². The van der Waals surface area contributed by atoms with E-state index >= 15 is 0 Å². The zero-order valence-corrected chi connectivity index (χ0v) is 12.9. The Morgan fingerprint density at radius 3 is 3.05 bits per heavy atom. The van der Waals surface area contributed by atoms with Gasteiger partial charge in [0.1, 0.15) is 17.6 Å². The average Bonchev–Trinajstić information content (AvgIpc) is 2.92. The molecule has 20 heavy (non-hydrogen) atoms. The first-order chi connectivity index (χ1) is 9.79. The van der Waals surface area contributed by atoms with Crippen LogP contribution in [0.4, 0.5) is 0 Å². The Morgan fingerprint density at radius 2 is 2.25 bits per heavy atom. The van der Waals surface area contributed by atoms with Gasteiger partial charge in [0.2, 0.25) is 0 Å². The lowest BCUT2D eigenvalue weighted by Gasteiger charge is -2.32. The first-order valence-corrected chi connectivity index (χ1v) is 7.76. The molecule has 1 aliphatic rings. The smallest absolute Gasteiger partial charge is 0.120 e. The summed E-state index contributed by atoms with van der Waals surface area (Å²) < 4.78 is 12.6. The van der Waals surface area contributed by atoms with E-state index in [0.29, 0.717) is 0 Å². The summed E-state index contributed by atoms with van der Waals surface area (Å²) in [6, 6.07) is 12.0. The van der Waals surface area contributed by atoms with Crippen LogP contribution < -0.4 is 4.74 Å². The van der Waals surface area contributed by atoms with E-state index in [0.717, 1.165) is 42.0 Å². The molecule has 1 saturated heterocycles. The molecule has 0 spiro atoms. The molecular formula is C16H18BrNO2. The number of rotatable bonds is 4. The van der Waals surface area contributed by atoms with Gasteiger partial charge in [-0.05, 0) is 49.7 Å². The van der Waals surface area contributed by atoms with E-state index < -0.39 is 0 Å². The highest BCUT2D eigenvalue weighted by Crippen LogP contribution is 2.22. The second-order valence-corrected chi connectivity index (χ2v) is 6.07. The van der Waals surface area contributed by atoms with Gasteiger partial charge in [0.05, 0.1) is 12.8 Å². The highest BCUT2D eigenvalue weighted by molar-refractivity contribution is 9.10. The lowest BCUT2D eigenvalue weighted by molar-refractivity contribution is 0.0802. The Morgan fingerprint density at radius 1 is 1.30 bits per heavy atom. The number of piperidine rings is 1. The third-order valence-electron chi connectivity index (χ3n) is 3.52. The molecule has 0 N–H and O–H groups in total. The van der Waals surface area contributed by atoms with E-state index in [4.69, 9.17) is 9.15 Å². The van der Waals surface area contributed by atoms with Crippen molar-refractivity contribution in [2.45, 2.75) is 25.5 Å². The van der Waals surface area contributed by atoms with Gasteiger partial charge in [-0.3, -0.25) is 4.90 Å². The van der Waals surface area contributed by atoms with Crippen LogP contribution >= 0.6 is 15.9 Å². The number of nitrogens with zero attached hydrogens (tertiary/aromatic N) is 1. The molecule has 2 heterocycles. The van der Waals surface area contributed by atoms with Crippen molar-refractivity contribution in [3.63, 3.8) is 0 Å². The van der Waals surface area contributed by atoms with E-state index in [2.05, 4.69) is 20.8 Å². The molecule has 106 valence electrons. The quantitative estimate of drug-likeness (QED) is 0.841. The van der Waals surface area contributed by atoms with E-state index in [1.54, 1.807) is 6.26 Å². The van der Waals surface area contributed by atoms with Crippen LogP contribution in [0.1, 0.15) is 18.6 Å². The third kappa shape index (κ3) is 3.64. The van der Waals surface area contributed by atoms with Gasteiger partial charge < -0.3 is 9.15 Å². The SMILES string of the molecule is Brc1cccc(OC2CCCN(Cc3ccco3)C2)c1. The van der Waals surface area contributed by atoms with Crippen molar-refractivity contribution in [3.05, 3.63) is 52.9 Å². The third-order valence-corrected chi connectivity index (χ3v) is 4.01. The van der Waals surface area contributed by atoms with Crippen molar-refractivity contribution in [1.29, 1.82) is 0 Å². The summed E-state index contributed by atoms with van der Waals surface area (Å²) in [4.78, 5) is 2.39. The summed E-state index contributed by atoms with van der Waals surface area (Å²) in [5.74, 6) is 1.96. The number of hydrogen-bond acceptors (Lipinski definition) is 3. The lowest BCUT2D eigenvalue weighted by atomic mass is 10.1. The predicted molar refractivity (Wildman–Crippen MR) is 81.8 cm³/mol. The van der Waals surface area contributed by atoms with E-state index in [9.17, 15) is 0 Å². The fraction of sp³-hybridized carbons (Fsp3) is 0.375. The largest absolute Gasteiger partial charge is 0.489 e. The molecule has 0 amide bonds. The van der Waals surface area contributed by atoms with Gasteiger partial charge in [-0.2, -0.15) is 0 Å². The highest BCUT2D eigenvalue weighted by Gasteiger charge is 2.22. The van der Waals surface area contributed by atoms with Gasteiger partial charge in [-0.25, -0.2) is 0 Å². The zero-order valence-electron chi connectivity index (χ0n) is 11.3. The van der Waals surface area contributed by atoms with Crippen LogP contribution in [0, 0.1) is 0 Å². The summed E-state index contributed by atoms with van der Waals surface area (Å²) in [6.07, 6.45) is 4.27. The number of furan rings is 1. The normalized spacial score (nSPS) is 19.9. The number of benzene rings is 1. The Kier molecular flexibility index (Phi) is 4.43. The maximum Gasteiger partial charge on any atom is 0.120 e. The molecule has 1 unspecified atom stereocenters. The van der Waals surface area contributed by atoms with Gasteiger partial charge >= 0.3 is 0 Å². The zero-order chi connectivity index (χ0) is 13.8.